The number of amides is 1. The van der Waals surface area contributed by atoms with Crippen molar-refractivity contribution in [1.82, 2.24) is 5.32 Å². The van der Waals surface area contributed by atoms with Crippen LogP contribution in [0.4, 0.5) is 0 Å². The van der Waals surface area contributed by atoms with Crippen molar-refractivity contribution in [2.24, 2.45) is 11.1 Å². The number of hydrogen-bond acceptors (Lipinski definition) is 4. The number of primary sulfonamides is 1. The van der Waals surface area contributed by atoms with Crippen molar-refractivity contribution < 1.29 is 13.2 Å². The number of thiophene rings is 1. The zero-order chi connectivity index (χ0) is 14.8. The third-order valence-electron chi connectivity index (χ3n) is 3.55. The van der Waals surface area contributed by atoms with Crippen LogP contribution >= 0.6 is 11.3 Å². The van der Waals surface area contributed by atoms with Gasteiger partial charge in [-0.05, 0) is 30.9 Å². The second kappa shape index (κ2) is 6.24. The van der Waals surface area contributed by atoms with Crippen LogP contribution in [0.15, 0.2) is 16.3 Å². The molecule has 1 fully saturated rings. The standard InChI is InChI=1S/C13H20N2O3S2/c1-9-3-2-4-10(7-9)15-12(16)8-11-5-6-13(19-11)20(14,17)18/h5-6,9-10H,2-4,7-8H2,1H3,(H,15,16)(H2,14,17,18). The Bertz CT molecular complexity index is 580. The quantitative estimate of drug-likeness (QED) is 0.885. The molecule has 0 aliphatic heterocycles. The lowest BCUT2D eigenvalue weighted by Crippen LogP contribution is -2.38. The van der Waals surface area contributed by atoms with Gasteiger partial charge in [-0.1, -0.05) is 19.8 Å². The third kappa shape index (κ3) is 4.29. The maximum absolute atomic E-state index is 12.0. The van der Waals surface area contributed by atoms with E-state index in [1.807, 2.05) is 0 Å². The Kier molecular flexibility index (Phi) is 4.82. The molecule has 112 valence electrons. The van der Waals surface area contributed by atoms with E-state index in [-0.39, 0.29) is 22.6 Å². The van der Waals surface area contributed by atoms with Gasteiger partial charge in [-0.15, -0.1) is 11.3 Å². The Morgan fingerprint density at radius 3 is 2.80 bits per heavy atom. The van der Waals surface area contributed by atoms with E-state index >= 15 is 0 Å². The largest absolute Gasteiger partial charge is 0.353 e. The lowest BCUT2D eigenvalue weighted by atomic mass is 9.87. The molecule has 2 atom stereocenters. The van der Waals surface area contributed by atoms with E-state index in [1.165, 1.54) is 12.5 Å². The zero-order valence-corrected chi connectivity index (χ0v) is 13.1. The van der Waals surface area contributed by atoms with Gasteiger partial charge in [-0.3, -0.25) is 4.79 Å². The molecule has 20 heavy (non-hydrogen) atoms. The molecule has 7 heteroatoms. The van der Waals surface area contributed by atoms with Crippen molar-refractivity contribution in [2.75, 3.05) is 0 Å². The topological polar surface area (TPSA) is 89.3 Å². The van der Waals surface area contributed by atoms with Gasteiger partial charge >= 0.3 is 0 Å². The number of carbonyl (C=O) groups excluding carboxylic acids is 1. The molecule has 2 unspecified atom stereocenters. The Balaban J connectivity index is 1.90. The molecule has 0 radical (unpaired) electrons. The van der Waals surface area contributed by atoms with Gasteiger partial charge in [0.1, 0.15) is 4.21 Å². The number of sulfonamides is 1. The molecular formula is C13H20N2O3S2. The van der Waals surface area contributed by atoms with Crippen LogP contribution < -0.4 is 10.5 Å². The fraction of sp³-hybridized carbons (Fsp3) is 0.615. The van der Waals surface area contributed by atoms with Crippen LogP contribution in [0.5, 0.6) is 0 Å². The van der Waals surface area contributed by atoms with Crippen molar-refractivity contribution in [2.45, 2.75) is 49.3 Å². The van der Waals surface area contributed by atoms with Crippen LogP contribution in [-0.4, -0.2) is 20.4 Å². The minimum atomic E-state index is -3.67. The molecule has 0 bridgehead atoms. The van der Waals surface area contributed by atoms with Gasteiger partial charge in [-0.25, -0.2) is 13.6 Å². The van der Waals surface area contributed by atoms with Crippen LogP contribution in [-0.2, 0) is 21.2 Å². The lowest BCUT2D eigenvalue weighted by Gasteiger charge is -2.27. The van der Waals surface area contributed by atoms with Gasteiger partial charge < -0.3 is 5.32 Å². The van der Waals surface area contributed by atoms with Gasteiger partial charge in [0.25, 0.3) is 0 Å². The first kappa shape index (κ1) is 15.5. The van der Waals surface area contributed by atoms with Crippen LogP contribution in [0.2, 0.25) is 0 Å². The van der Waals surface area contributed by atoms with E-state index in [0.717, 1.165) is 35.5 Å². The van der Waals surface area contributed by atoms with Gasteiger partial charge in [0, 0.05) is 10.9 Å². The SMILES string of the molecule is CC1CCCC(NC(=O)Cc2ccc(S(N)(=O)=O)s2)C1. The summed E-state index contributed by atoms with van der Waals surface area (Å²) in [5, 5.41) is 8.08. The first-order valence-corrected chi connectivity index (χ1v) is 9.12. The fourth-order valence-electron chi connectivity index (χ4n) is 2.61. The summed E-state index contributed by atoms with van der Waals surface area (Å²) in [5.41, 5.74) is 0. The number of nitrogens with one attached hydrogen (secondary N) is 1. The summed E-state index contributed by atoms with van der Waals surface area (Å²) in [6.07, 6.45) is 4.66. The van der Waals surface area contributed by atoms with Crippen molar-refractivity contribution in [3.63, 3.8) is 0 Å². The maximum Gasteiger partial charge on any atom is 0.247 e. The molecule has 5 nitrogen and oxygen atoms in total. The van der Waals surface area contributed by atoms with Crippen molar-refractivity contribution in [3.8, 4) is 0 Å². The minimum Gasteiger partial charge on any atom is -0.353 e. The predicted molar refractivity (Wildman–Crippen MR) is 79.0 cm³/mol. The second-order valence-electron chi connectivity index (χ2n) is 5.48. The molecule has 0 aromatic carbocycles. The maximum atomic E-state index is 12.0. The highest BCUT2D eigenvalue weighted by molar-refractivity contribution is 7.91. The molecule has 1 aromatic rings. The first-order chi connectivity index (χ1) is 9.34. The highest BCUT2D eigenvalue weighted by Gasteiger charge is 2.21. The Hall–Kier alpha value is -0.920. The summed E-state index contributed by atoms with van der Waals surface area (Å²) in [4.78, 5) is 12.7. The second-order valence-corrected chi connectivity index (χ2v) is 8.44. The third-order valence-corrected chi connectivity index (χ3v) is 6.08. The summed E-state index contributed by atoms with van der Waals surface area (Å²) in [6.45, 7) is 2.20. The van der Waals surface area contributed by atoms with Gasteiger partial charge in [0.05, 0.1) is 6.42 Å². The highest BCUT2D eigenvalue weighted by atomic mass is 32.2. The monoisotopic (exact) mass is 316 g/mol. The molecule has 1 aliphatic carbocycles. The van der Waals surface area contributed by atoms with Gasteiger partial charge in [0.2, 0.25) is 15.9 Å². The molecule has 2 rings (SSSR count). The predicted octanol–water partition coefficient (Wildman–Crippen LogP) is 1.63. The molecule has 1 aromatic heterocycles. The van der Waals surface area contributed by atoms with E-state index < -0.39 is 10.0 Å². The molecule has 1 saturated carbocycles. The van der Waals surface area contributed by atoms with Crippen LogP contribution in [0.1, 0.15) is 37.5 Å². The normalized spacial score (nSPS) is 23.5. The molecule has 1 heterocycles. The summed E-state index contributed by atoms with van der Waals surface area (Å²) >= 11 is 1.06. The number of nitrogens with two attached hydrogens (primary N) is 1. The Morgan fingerprint density at radius 1 is 1.45 bits per heavy atom. The number of hydrogen-bond donors (Lipinski definition) is 2. The highest BCUT2D eigenvalue weighted by Crippen LogP contribution is 2.24. The van der Waals surface area contributed by atoms with Crippen molar-refractivity contribution in [3.05, 3.63) is 17.0 Å². The van der Waals surface area contributed by atoms with Crippen molar-refractivity contribution >= 4 is 27.3 Å². The molecule has 1 amide bonds. The molecule has 0 spiro atoms. The zero-order valence-electron chi connectivity index (χ0n) is 11.5. The van der Waals surface area contributed by atoms with Gasteiger partial charge in [-0.2, -0.15) is 0 Å². The molecule has 1 aliphatic rings. The lowest BCUT2D eigenvalue weighted by molar-refractivity contribution is -0.121. The fourth-order valence-corrected chi connectivity index (χ4v) is 4.39. The van der Waals surface area contributed by atoms with Gasteiger partial charge in [0.15, 0.2) is 0 Å². The minimum absolute atomic E-state index is 0.0491. The molecular weight excluding hydrogens is 296 g/mol. The number of carbonyl (C=O) groups is 1. The Labute approximate surface area is 123 Å². The molecule has 0 saturated heterocycles. The van der Waals surface area contributed by atoms with E-state index in [4.69, 9.17) is 5.14 Å². The van der Waals surface area contributed by atoms with E-state index in [1.54, 1.807) is 6.07 Å². The van der Waals surface area contributed by atoms with Crippen molar-refractivity contribution in [1.29, 1.82) is 0 Å². The van der Waals surface area contributed by atoms with E-state index in [0.29, 0.717) is 5.92 Å². The van der Waals surface area contributed by atoms with E-state index in [2.05, 4.69) is 12.2 Å². The average Bonchev–Trinajstić information content (AvgIpc) is 2.76. The van der Waals surface area contributed by atoms with Crippen LogP contribution in [0.3, 0.4) is 0 Å². The summed E-state index contributed by atoms with van der Waals surface area (Å²) < 4.78 is 22.4. The smallest absolute Gasteiger partial charge is 0.247 e. The average molecular weight is 316 g/mol. The number of rotatable bonds is 4. The van der Waals surface area contributed by atoms with Crippen LogP contribution in [0.25, 0.3) is 0 Å². The summed E-state index contributed by atoms with van der Waals surface area (Å²) in [7, 11) is -3.67. The summed E-state index contributed by atoms with van der Waals surface area (Å²) in [5.74, 6) is 0.608. The Morgan fingerprint density at radius 2 is 2.20 bits per heavy atom. The van der Waals surface area contributed by atoms with Crippen LogP contribution in [0, 0.1) is 5.92 Å². The first-order valence-electron chi connectivity index (χ1n) is 6.75. The van der Waals surface area contributed by atoms with E-state index in [9.17, 15) is 13.2 Å². The molecule has 3 N–H and O–H groups in total. The summed E-state index contributed by atoms with van der Waals surface area (Å²) in [6, 6.07) is 3.35.